The molecule has 2 N–H and O–H groups in total. The number of unbranched alkanes of at least 4 members (excludes halogenated alkanes) is 1. The summed E-state index contributed by atoms with van der Waals surface area (Å²) in [6, 6.07) is 0.297. The molecular weight excluding hydrogens is 180 g/mol. The SMILES string of the molecule is CCCCC(N)Cc1nc(C)cs1. The summed E-state index contributed by atoms with van der Waals surface area (Å²) in [4.78, 5) is 4.40. The van der Waals surface area contributed by atoms with Crippen molar-refractivity contribution in [1.29, 1.82) is 0 Å². The zero-order chi connectivity index (χ0) is 9.68. The molecule has 0 saturated carbocycles. The van der Waals surface area contributed by atoms with Crippen LogP contribution < -0.4 is 5.73 Å². The van der Waals surface area contributed by atoms with Gasteiger partial charge < -0.3 is 5.73 Å². The Morgan fingerprint density at radius 2 is 2.38 bits per heavy atom. The van der Waals surface area contributed by atoms with E-state index in [2.05, 4.69) is 17.3 Å². The molecule has 13 heavy (non-hydrogen) atoms. The molecule has 1 aromatic heterocycles. The average Bonchev–Trinajstić information content (AvgIpc) is 2.48. The zero-order valence-corrected chi connectivity index (χ0v) is 9.23. The van der Waals surface area contributed by atoms with Crippen LogP contribution in [-0.2, 0) is 6.42 Å². The second-order valence-electron chi connectivity index (χ2n) is 3.49. The first-order valence-corrected chi connectivity index (χ1v) is 5.77. The summed E-state index contributed by atoms with van der Waals surface area (Å²) < 4.78 is 0. The van der Waals surface area contributed by atoms with Crippen LogP contribution in [0.4, 0.5) is 0 Å². The zero-order valence-electron chi connectivity index (χ0n) is 8.42. The molecule has 0 aliphatic heterocycles. The summed E-state index contributed by atoms with van der Waals surface area (Å²) in [6.45, 7) is 4.22. The van der Waals surface area contributed by atoms with Crippen LogP contribution in [0.3, 0.4) is 0 Å². The molecule has 0 amide bonds. The van der Waals surface area contributed by atoms with Gasteiger partial charge in [-0.05, 0) is 13.3 Å². The summed E-state index contributed by atoms with van der Waals surface area (Å²) in [5, 5.41) is 3.27. The lowest BCUT2D eigenvalue weighted by atomic mass is 10.1. The number of nitrogens with two attached hydrogens (primary N) is 1. The van der Waals surface area contributed by atoms with Gasteiger partial charge in [0.05, 0.1) is 5.01 Å². The molecular formula is C10H18N2S. The second kappa shape index (κ2) is 5.35. The molecule has 1 unspecified atom stereocenters. The minimum Gasteiger partial charge on any atom is -0.327 e. The molecule has 0 aliphatic rings. The number of thiazole rings is 1. The third kappa shape index (κ3) is 3.87. The minimum atomic E-state index is 0.297. The fraction of sp³-hybridized carbons (Fsp3) is 0.700. The van der Waals surface area contributed by atoms with E-state index in [1.165, 1.54) is 17.8 Å². The van der Waals surface area contributed by atoms with Crippen molar-refractivity contribution in [2.24, 2.45) is 5.73 Å². The lowest BCUT2D eigenvalue weighted by Crippen LogP contribution is -2.22. The van der Waals surface area contributed by atoms with Crippen molar-refractivity contribution >= 4 is 11.3 Å². The topological polar surface area (TPSA) is 38.9 Å². The van der Waals surface area contributed by atoms with Crippen LogP contribution in [0.1, 0.15) is 36.9 Å². The summed E-state index contributed by atoms with van der Waals surface area (Å²) in [5.41, 5.74) is 7.08. The van der Waals surface area contributed by atoms with Crippen LogP contribution >= 0.6 is 11.3 Å². The van der Waals surface area contributed by atoms with Crippen molar-refractivity contribution in [2.45, 2.75) is 45.6 Å². The van der Waals surface area contributed by atoms with Crippen LogP contribution in [0.5, 0.6) is 0 Å². The molecule has 1 aromatic rings. The van der Waals surface area contributed by atoms with Gasteiger partial charge in [-0.25, -0.2) is 4.98 Å². The van der Waals surface area contributed by atoms with Gasteiger partial charge in [0.1, 0.15) is 0 Å². The van der Waals surface area contributed by atoms with Crippen LogP contribution in [-0.4, -0.2) is 11.0 Å². The molecule has 2 nitrogen and oxygen atoms in total. The van der Waals surface area contributed by atoms with E-state index in [-0.39, 0.29) is 0 Å². The van der Waals surface area contributed by atoms with Crippen molar-refractivity contribution in [1.82, 2.24) is 4.98 Å². The number of nitrogens with zero attached hydrogens (tertiary/aromatic N) is 1. The first kappa shape index (κ1) is 10.7. The Morgan fingerprint density at radius 1 is 1.62 bits per heavy atom. The third-order valence-corrected chi connectivity index (χ3v) is 3.02. The van der Waals surface area contributed by atoms with Crippen LogP contribution in [0, 0.1) is 6.92 Å². The van der Waals surface area contributed by atoms with Crippen LogP contribution in [0.25, 0.3) is 0 Å². The Hall–Kier alpha value is -0.410. The maximum atomic E-state index is 5.97. The second-order valence-corrected chi connectivity index (χ2v) is 4.43. The molecule has 1 atom stereocenters. The normalized spacial score (nSPS) is 13.2. The molecule has 3 heteroatoms. The minimum absolute atomic E-state index is 0.297. The molecule has 1 heterocycles. The predicted molar refractivity (Wildman–Crippen MR) is 58.1 cm³/mol. The van der Waals surface area contributed by atoms with Gasteiger partial charge >= 0.3 is 0 Å². The monoisotopic (exact) mass is 198 g/mol. The maximum Gasteiger partial charge on any atom is 0.0943 e. The molecule has 0 aromatic carbocycles. The van der Waals surface area contributed by atoms with Crippen molar-refractivity contribution < 1.29 is 0 Å². The Morgan fingerprint density at radius 3 is 2.92 bits per heavy atom. The molecule has 0 saturated heterocycles. The Labute approximate surface area is 84.2 Å². The standard InChI is InChI=1S/C10H18N2S/c1-3-4-5-9(11)6-10-12-8(2)7-13-10/h7,9H,3-6,11H2,1-2H3. The highest BCUT2D eigenvalue weighted by Crippen LogP contribution is 2.12. The van der Waals surface area contributed by atoms with E-state index in [0.29, 0.717) is 6.04 Å². The number of aromatic nitrogens is 1. The van der Waals surface area contributed by atoms with Gasteiger partial charge in [0.25, 0.3) is 0 Å². The molecule has 0 fully saturated rings. The van der Waals surface area contributed by atoms with Gasteiger partial charge in [-0.2, -0.15) is 0 Å². The van der Waals surface area contributed by atoms with E-state index in [4.69, 9.17) is 5.73 Å². The molecule has 0 aliphatic carbocycles. The van der Waals surface area contributed by atoms with Gasteiger partial charge in [0.2, 0.25) is 0 Å². The number of rotatable bonds is 5. The first-order chi connectivity index (χ1) is 6.22. The summed E-state index contributed by atoms with van der Waals surface area (Å²) >= 11 is 1.72. The number of aryl methyl sites for hydroxylation is 1. The molecule has 0 bridgehead atoms. The average molecular weight is 198 g/mol. The van der Waals surface area contributed by atoms with Gasteiger partial charge in [0, 0.05) is 23.5 Å². The molecule has 0 radical (unpaired) electrons. The maximum absolute atomic E-state index is 5.97. The van der Waals surface area contributed by atoms with Gasteiger partial charge in [0.15, 0.2) is 0 Å². The number of hydrogen-bond donors (Lipinski definition) is 1. The van der Waals surface area contributed by atoms with Crippen molar-refractivity contribution in [3.8, 4) is 0 Å². The molecule has 1 rings (SSSR count). The van der Waals surface area contributed by atoms with E-state index in [1.807, 2.05) is 6.92 Å². The third-order valence-electron chi connectivity index (χ3n) is 2.03. The van der Waals surface area contributed by atoms with E-state index in [9.17, 15) is 0 Å². The smallest absolute Gasteiger partial charge is 0.0943 e. The fourth-order valence-electron chi connectivity index (χ4n) is 1.29. The Bertz CT molecular complexity index is 245. The van der Waals surface area contributed by atoms with E-state index in [0.717, 1.165) is 18.5 Å². The van der Waals surface area contributed by atoms with E-state index in [1.54, 1.807) is 11.3 Å². The molecule has 74 valence electrons. The first-order valence-electron chi connectivity index (χ1n) is 4.89. The highest BCUT2D eigenvalue weighted by molar-refractivity contribution is 7.09. The van der Waals surface area contributed by atoms with Gasteiger partial charge in [-0.3, -0.25) is 0 Å². The number of hydrogen-bond acceptors (Lipinski definition) is 3. The van der Waals surface area contributed by atoms with Crippen molar-refractivity contribution in [3.05, 3.63) is 16.1 Å². The lowest BCUT2D eigenvalue weighted by molar-refractivity contribution is 0.572. The molecule has 0 spiro atoms. The van der Waals surface area contributed by atoms with E-state index < -0.39 is 0 Å². The largest absolute Gasteiger partial charge is 0.327 e. The quantitative estimate of drug-likeness (QED) is 0.789. The van der Waals surface area contributed by atoms with Gasteiger partial charge in [-0.1, -0.05) is 19.8 Å². The summed E-state index contributed by atoms with van der Waals surface area (Å²) in [5.74, 6) is 0. The van der Waals surface area contributed by atoms with Crippen molar-refractivity contribution in [2.75, 3.05) is 0 Å². The predicted octanol–water partition coefficient (Wildman–Crippen LogP) is 2.51. The fourth-order valence-corrected chi connectivity index (χ4v) is 2.16. The highest BCUT2D eigenvalue weighted by atomic mass is 32.1. The van der Waals surface area contributed by atoms with Crippen LogP contribution in [0.2, 0.25) is 0 Å². The summed E-state index contributed by atoms with van der Waals surface area (Å²) in [7, 11) is 0. The van der Waals surface area contributed by atoms with Gasteiger partial charge in [-0.15, -0.1) is 11.3 Å². The Balaban J connectivity index is 2.31. The van der Waals surface area contributed by atoms with Crippen LogP contribution in [0.15, 0.2) is 5.38 Å². The summed E-state index contributed by atoms with van der Waals surface area (Å²) in [6.07, 6.45) is 4.52. The van der Waals surface area contributed by atoms with E-state index >= 15 is 0 Å². The highest BCUT2D eigenvalue weighted by Gasteiger charge is 2.05. The van der Waals surface area contributed by atoms with Crippen molar-refractivity contribution in [3.63, 3.8) is 0 Å². The lowest BCUT2D eigenvalue weighted by Gasteiger charge is -2.07. The Kier molecular flexibility index (Phi) is 4.39.